The number of anilines is 1. The topological polar surface area (TPSA) is 97.1 Å². The Morgan fingerprint density at radius 1 is 1.44 bits per heavy atom. The molecule has 1 aromatic rings. The summed E-state index contributed by atoms with van der Waals surface area (Å²) in [5, 5.41) is 5.17. The van der Waals surface area contributed by atoms with Crippen LogP contribution in [0.1, 0.15) is 29.9 Å². The molecule has 0 aliphatic heterocycles. The number of pyridine rings is 1. The van der Waals surface area contributed by atoms with Crippen LogP contribution in [0, 0.1) is 6.92 Å². The zero-order chi connectivity index (χ0) is 13.7. The summed E-state index contributed by atoms with van der Waals surface area (Å²) >= 11 is 0. The SMILES string of the molecule is Cc1cc(N)c(C(=O)NCC(=O)NC(C)C)cn1. The lowest BCUT2D eigenvalue weighted by atomic mass is 10.2. The summed E-state index contributed by atoms with van der Waals surface area (Å²) in [4.78, 5) is 27.1. The molecule has 6 nitrogen and oxygen atoms in total. The maximum absolute atomic E-state index is 11.8. The molecule has 2 amide bonds. The van der Waals surface area contributed by atoms with E-state index in [1.54, 1.807) is 13.0 Å². The van der Waals surface area contributed by atoms with Gasteiger partial charge in [0.1, 0.15) is 0 Å². The highest BCUT2D eigenvalue weighted by Crippen LogP contribution is 2.10. The van der Waals surface area contributed by atoms with Crippen LogP contribution in [0.5, 0.6) is 0 Å². The van der Waals surface area contributed by atoms with Gasteiger partial charge in [0.05, 0.1) is 12.1 Å². The van der Waals surface area contributed by atoms with Gasteiger partial charge in [-0.3, -0.25) is 14.6 Å². The number of aromatic nitrogens is 1. The number of amides is 2. The molecule has 4 N–H and O–H groups in total. The summed E-state index contributed by atoms with van der Waals surface area (Å²) in [7, 11) is 0. The predicted molar refractivity (Wildman–Crippen MR) is 69.0 cm³/mol. The minimum absolute atomic E-state index is 0.0421. The van der Waals surface area contributed by atoms with Gasteiger partial charge in [0.2, 0.25) is 5.91 Å². The molecular weight excluding hydrogens is 232 g/mol. The van der Waals surface area contributed by atoms with E-state index in [1.807, 2.05) is 13.8 Å². The van der Waals surface area contributed by atoms with Gasteiger partial charge in [-0.25, -0.2) is 0 Å². The first-order valence-corrected chi connectivity index (χ1v) is 5.70. The number of hydrogen-bond acceptors (Lipinski definition) is 4. The summed E-state index contributed by atoms with van der Waals surface area (Å²) in [5.74, 6) is -0.643. The quantitative estimate of drug-likeness (QED) is 0.712. The van der Waals surface area contributed by atoms with E-state index in [4.69, 9.17) is 5.73 Å². The van der Waals surface area contributed by atoms with Gasteiger partial charge >= 0.3 is 0 Å². The van der Waals surface area contributed by atoms with Crippen LogP contribution in [-0.4, -0.2) is 29.4 Å². The Labute approximate surface area is 106 Å². The van der Waals surface area contributed by atoms with Crippen molar-refractivity contribution < 1.29 is 9.59 Å². The van der Waals surface area contributed by atoms with Crippen molar-refractivity contribution in [3.8, 4) is 0 Å². The number of nitrogens with two attached hydrogens (primary N) is 1. The Hall–Kier alpha value is -2.11. The molecule has 1 aromatic heterocycles. The maximum Gasteiger partial charge on any atom is 0.255 e. The Morgan fingerprint density at radius 3 is 2.67 bits per heavy atom. The first-order chi connectivity index (χ1) is 8.40. The number of rotatable bonds is 4. The van der Waals surface area contributed by atoms with Crippen molar-refractivity contribution in [3.63, 3.8) is 0 Å². The van der Waals surface area contributed by atoms with Crippen LogP contribution in [0.4, 0.5) is 5.69 Å². The van der Waals surface area contributed by atoms with Crippen LogP contribution < -0.4 is 16.4 Å². The molecule has 0 aliphatic rings. The van der Waals surface area contributed by atoms with E-state index >= 15 is 0 Å². The van der Waals surface area contributed by atoms with E-state index in [2.05, 4.69) is 15.6 Å². The maximum atomic E-state index is 11.8. The normalized spacial score (nSPS) is 10.2. The molecule has 0 fully saturated rings. The average Bonchev–Trinajstić information content (AvgIpc) is 2.25. The Kier molecular flexibility index (Phi) is 4.65. The third-order valence-corrected chi connectivity index (χ3v) is 2.18. The number of nitrogen functional groups attached to an aromatic ring is 1. The molecule has 0 radical (unpaired) electrons. The lowest BCUT2D eigenvalue weighted by Crippen LogP contribution is -2.40. The van der Waals surface area contributed by atoms with Crippen molar-refractivity contribution in [1.82, 2.24) is 15.6 Å². The Bertz CT molecular complexity index is 457. The van der Waals surface area contributed by atoms with Crippen molar-refractivity contribution in [1.29, 1.82) is 0 Å². The lowest BCUT2D eigenvalue weighted by Gasteiger charge is -2.10. The molecule has 1 rings (SSSR count). The standard InChI is InChI=1S/C12H18N4O2/c1-7(2)16-11(17)6-15-12(18)9-5-14-8(3)4-10(9)13/h4-5,7H,6H2,1-3H3,(H2,13,14)(H,15,18)(H,16,17). The van der Waals surface area contributed by atoms with Gasteiger partial charge in [-0.15, -0.1) is 0 Å². The van der Waals surface area contributed by atoms with Crippen LogP contribution in [0.3, 0.4) is 0 Å². The fourth-order valence-corrected chi connectivity index (χ4v) is 1.40. The van der Waals surface area contributed by atoms with Crippen molar-refractivity contribution >= 4 is 17.5 Å². The van der Waals surface area contributed by atoms with Crippen molar-refractivity contribution in [2.45, 2.75) is 26.8 Å². The third-order valence-electron chi connectivity index (χ3n) is 2.18. The number of carbonyl (C=O) groups is 2. The monoisotopic (exact) mass is 250 g/mol. The first kappa shape index (κ1) is 14.0. The highest BCUT2D eigenvalue weighted by Gasteiger charge is 2.12. The van der Waals surface area contributed by atoms with E-state index in [-0.39, 0.29) is 24.1 Å². The third kappa shape index (κ3) is 4.04. The second kappa shape index (κ2) is 6.00. The predicted octanol–water partition coefficient (Wildman–Crippen LogP) is 0.227. The molecule has 18 heavy (non-hydrogen) atoms. The molecule has 6 heteroatoms. The lowest BCUT2D eigenvalue weighted by molar-refractivity contribution is -0.120. The van der Waals surface area contributed by atoms with Crippen LogP contribution in [0.15, 0.2) is 12.3 Å². The molecular formula is C12H18N4O2. The second-order valence-electron chi connectivity index (χ2n) is 4.32. The van der Waals surface area contributed by atoms with Gasteiger partial charge in [0.15, 0.2) is 0 Å². The van der Waals surface area contributed by atoms with Crippen LogP contribution in [-0.2, 0) is 4.79 Å². The molecule has 0 spiro atoms. The molecule has 1 heterocycles. The number of aryl methyl sites for hydroxylation is 1. The van der Waals surface area contributed by atoms with E-state index in [1.165, 1.54) is 6.20 Å². The Balaban J connectivity index is 2.58. The van der Waals surface area contributed by atoms with Gasteiger partial charge in [0.25, 0.3) is 5.91 Å². The molecule has 0 aromatic carbocycles. The molecule has 0 saturated carbocycles. The second-order valence-corrected chi connectivity index (χ2v) is 4.32. The molecule has 0 unspecified atom stereocenters. The summed E-state index contributed by atoms with van der Waals surface area (Å²) in [6.07, 6.45) is 1.40. The molecule has 98 valence electrons. The zero-order valence-electron chi connectivity index (χ0n) is 10.8. The van der Waals surface area contributed by atoms with Crippen LogP contribution in [0.25, 0.3) is 0 Å². The van der Waals surface area contributed by atoms with Gasteiger partial charge < -0.3 is 16.4 Å². The minimum atomic E-state index is -0.404. The molecule has 0 aliphatic carbocycles. The van der Waals surface area contributed by atoms with E-state index < -0.39 is 5.91 Å². The van der Waals surface area contributed by atoms with Crippen molar-refractivity contribution in [2.75, 3.05) is 12.3 Å². The number of hydrogen-bond donors (Lipinski definition) is 3. The van der Waals surface area contributed by atoms with Crippen LogP contribution >= 0.6 is 0 Å². The first-order valence-electron chi connectivity index (χ1n) is 5.70. The van der Waals surface area contributed by atoms with E-state index in [9.17, 15) is 9.59 Å². The summed E-state index contributed by atoms with van der Waals surface area (Å²) in [6.45, 7) is 5.40. The summed E-state index contributed by atoms with van der Waals surface area (Å²) in [5.41, 5.74) is 7.07. The number of nitrogens with zero attached hydrogens (tertiary/aromatic N) is 1. The summed E-state index contributed by atoms with van der Waals surface area (Å²) in [6, 6.07) is 1.66. The number of carbonyl (C=O) groups excluding carboxylic acids is 2. The zero-order valence-corrected chi connectivity index (χ0v) is 10.8. The van der Waals surface area contributed by atoms with Crippen molar-refractivity contribution in [2.24, 2.45) is 0 Å². The van der Waals surface area contributed by atoms with E-state index in [0.717, 1.165) is 5.69 Å². The van der Waals surface area contributed by atoms with Crippen molar-refractivity contribution in [3.05, 3.63) is 23.5 Å². The molecule has 0 atom stereocenters. The average molecular weight is 250 g/mol. The van der Waals surface area contributed by atoms with Gasteiger partial charge in [0, 0.05) is 23.6 Å². The van der Waals surface area contributed by atoms with Gasteiger partial charge in [-0.1, -0.05) is 0 Å². The fourth-order valence-electron chi connectivity index (χ4n) is 1.40. The summed E-state index contributed by atoms with van der Waals surface area (Å²) < 4.78 is 0. The van der Waals surface area contributed by atoms with Crippen LogP contribution in [0.2, 0.25) is 0 Å². The van der Waals surface area contributed by atoms with Gasteiger partial charge in [-0.05, 0) is 26.8 Å². The fraction of sp³-hybridized carbons (Fsp3) is 0.417. The van der Waals surface area contributed by atoms with E-state index in [0.29, 0.717) is 5.69 Å². The number of nitrogens with one attached hydrogen (secondary N) is 2. The minimum Gasteiger partial charge on any atom is -0.398 e. The van der Waals surface area contributed by atoms with Gasteiger partial charge in [-0.2, -0.15) is 0 Å². The highest BCUT2D eigenvalue weighted by molar-refractivity contribution is 6.00. The highest BCUT2D eigenvalue weighted by atomic mass is 16.2. The smallest absolute Gasteiger partial charge is 0.255 e. The largest absolute Gasteiger partial charge is 0.398 e. The molecule has 0 saturated heterocycles. The molecule has 0 bridgehead atoms. The Morgan fingerprint density at radius 2 is 2.11 bits per heavy atom.